The van der Waals surface area contributed by atoms with Crippen LogP contribution in [-0.4, -0.2) is 35.2 Å². The topological polar surface area (TPSA) is 66.5 Å². The van der Waals surface area contributed by atoms with E-state index in [1.807, 2.05) is 6.92 Å². The van der Waals surface area contributed by atoms with E-state index in [1.165, 1.54) is 11.3 Å². The minimum Gasteiger partial charge on any atom is -0.326 e. The Kier molecular flexibility index (Phi) is 4.36. The van der Waals surface area contributed by atoms with Crippen molar-refractivity contribution in [1.82, 2.24) is 10.2 Å². The fourth-order valence-electron chi connectivity index (χ4n) is 1.90. The molecule has 1 aromatic rings. The minimum atomic E-state index is -0.486. The van der Waals surface area contributed by atoms with Gasteiger partial charge in [-0.05, 0) is 34.5 Å². The summed E-state index contributed by atoms with van der Waals surface area (Å²) in [6.07, 6.45) is 1.40. The van der Waals surface area contributed by atoms with Gasteiger partial charge in [-0.1, -0.05) is 13.3 Å². The lowest BCUT2D eigenvalue weighted by Crippen LogP contribution is -2.36. The van der Waals surface area contributed by atoms with Gasteiger partial charge >= 0.3 is 6.03 Å². The van der Waals surface area contributed by atoms with Crippen molar-refractivity contribution in [3.05, 3.63) is 20.8 Å². The van der Waals surface area contributed by atoms with Crippen LogP contribution in [0.25, 0.3) is 0 Å². The van der Waals surface area contributed by atoms with E-state index >= 15 is 0 Å². The number of hydrogen-bond donors (Lipinski definition) is 1. The number of nitrogens with zero attached hydrogens (tertiary/aromatic N) is 1. The number of carbonyl (C=O) groups excluding carboxylic acids is 3. The number of imide groups is 1. The maximum Gasteiger partial charge on any atom is 0.325 e. The van der Waals surface area contributed by atoms with Gasteiger partial charge < -0.3 is 5.32 Å². The molecule has 2 rings (SSSR count). The molecule has 1 aliphatic heterocycles. The Morgan fingerprint density at radius 1 is 1.47 bits per heavy atom. The molecule has 0 radical (unpaired) electrons. The molecule has 0 spiro atoms. The number of amides is 3. The molecule has 102 valence electrons. The number of carbonyl (C=O) groups is 3. The molecule has 1 N–H and O–H groups in total. The Hall–Kier alpha value is -1.21. The number of thiophene rings is 1. The third kappa shape index (κ3) is 3.03. The normalized spacial score (nSPS) is 18.8. The van der Waals surface area contributed by atoms with E-state index in [-0.39, 0.29) is 18.2 Å². The van der Waals surface area contributed by atoms with E-state index in [9.17, 15) is 14.4 Å². The first-order valence-electron chi connectivity index (χ1n) is 5.93. The SMILES string of the molecule is CCCC1NC(=O)N(CC(=O)c2ccc(Br)s2)C1=O. The van der Waals surface area contributed by atoms with Crippen LogP contribution in [0.4, 0.5) is 4.79 Å². The maximum atomic E-state index is 12.0. The largest absolute Gasteiger partial charge is 0.326 e. The number of urea groups is 1. The number of ketones is 1. The van der Waals surface area contributed by atoms with Crippen LogP contribution in [0, 0.1) is 0 Å². The van der Waals surface area contributed by atoms with E-state index in [0.717, 1.165) is 15.1 Å². The van der Waals surface area contributed by atoms with E-state index < -0.39 is 12.1 Å². The van der Waals surface area contributed by atoms with Gasteiger partial charge in [0, 0.05) is 0 Å². The highest BCUT2D eigenvalue weighted by Crippen LogP contribution is 2.23. The minimum absolute atomic E-state index is 0.197. The van der Waals surface area contributed by atoms with E-state index in [0.29, 0.717) is 11.3 Å². The van der Waals surface area contributed by atoms with Gasteiger partial charge in [-0.2, -0.15) is 0 Å². The number of hydrogen-bond acceptors (Lipinski definition) is 4. The van der Waals surface area contributed by atoms with Crippen molar-refractivity contribution in [3.63, 3.8) is 0 Å². The second kappa shape index (κ2) is 5.83. The molecular weight excluding hydrogens is 332 g/mol. The quantitative estimate of drug-likeness (QED) is 0.658. The molecule has 1 aliphatic rings. The summed E-state index contributed by atoms with van der Waals surface area (Å²) in [7, 11) is 0. The van der Waals surface area contributed by atoms with Gasteiger partial charge in [-0.3, -0.25) is 14.5 Å². The van der Waals surface area contributed by atoms with Crippen LogP contribution in [0.15, 0.2) is 15.9 Å². The van der Waals surface area contributed by atoms with Gasteiger partial charge in [0.25, 0.3) is 5.91 Å². The molecule has 0 aliphatic carbocycles. The number of halogens is 1. The molecule has 0 saturated carbocycles. The standard InChI is InChI=1S/C12H13BrN2O3S/c1-2-3-7-11(17)15(12(18)14-7)6-8(16)9-4-5-10(13)19-9/h4-5,7H,2-3,6H2,1H3,(H,14,18). The van der Waals surface area contributed by atoms with E-state index in [1.54, 1.807) is 12.1 Å². The smallest absolute Gasteiger partial charge is 0.325 e. The summed E-state index contributed by atoms with van der Waals surface area (Å²) in [5.74, 6) is -0.535. The molecule has 1 aromatic heterocycles. The fraction of sp³-hybridized carbons (Fsp3) is 0.417. The second-order valence-corrected chi connectivity index (χ2v) is 6.71. The van der Waals surface area contributed by atoms with Crippen molar-refractivity contribution >= 4 is 45.0 Å². The highest BCUT2D eigenvalue weighted by molar-refractivity contribution is 9.11. The first kappa shape index (κ1) is 14.2. The van der Waals surface area contributed by atoms with E-state index in [2.05, 4.69) is 21.2 Å². The molecular formula is C12H13BrN2O3S. The van der Waals surface area contributed by atoms with Crippen LogP contribution in [0.1, 0.15) is 29.4 Å². The zero-order chi connectivity index (χ0) is 14.0. The van der Waals surface area contributed by atoms with E-state index in [4.69, 9.17) is 0 Å². The third-order valence-electron chi connectivity index (χ3n) is 2.83. The van der Waals surface area contributed by atoms with Gasteiger partial charge in [-0.25, -0.2) is 4.79 Å². The summed E-state index contributed by atoms with van der Waals surface area (Å²) < 4.78 is 0.844. The zero-order valence-corrected chi connectivity index (χ0v) is 12.7. The zero-order valence-electron chi connectivity index (χ0n) is 10.3. The number of rotatable bonds is 5. The third-order valence-corrected chi connectivity index (χ3v) is 4.50. The Bertz CT molecular complexity index is 529. The van der Waals surface area contributed by atoms with Crippen LogP contribution < -0.4 is 5.32 Å². The predicted octanol–water partition coefficient (Wildman–Crippen LogP) is 2.41. The first-order chi connectivity index (χ1) is 9.02. The summed E-state index contributed by atoms with van der Waals surface area (Å²) in [4.78, 5) is 37.2. The number of nitrogens with one attached hydrogen (secondary N) is 1. The van der Waals surface area contributed by atoms with Crippen molar-refractivity contribution in [2.45, 2.75) is 25.8 Å². The van der Waals surface area contributed by atoms with Crippen LogP contribution in [0.2, 0.25) is 0 Å². The van der Waals surface area contributed by atoms with Crippen molar-refractivity contribution < 1.29 is 14.4 Å². The lowest BCUT2D eigenvalue weighted by atomic mass is 10.1. The lowest BCUT2D eigenvalue weighted by Gasteiger charge is -2.11. The second-order valence-electron chi connectivity index (χ2n) is 4.24. The maximum absolute atomic E-state index is 12.0. The van der Waals surface area contributed by atoms with Crippen molar-refractivity contribution in [1.29, 1.82) is 0 Å². The molecule has 3 amide bonds. The van der Waals surface area contributed by atoms with Gasteiger partial charge in [0.15, 0.2) is 5.78 Å². The van der Waals surface area contributed by atoms with Gasteiger partial charge in [-0.15, -0.1) is 11.3 Å². The van der Waals surface area contributed by atoms with Crippen LogP contribution in [-0.2, 0) is 4.79 Å². The Morgan fingerprint density at radius 2 is 2.21 bits per heavy atom. The van der Waals surface area contributed by atoms with Crippen LogP contribution in [0.3, 0.4) is 0 Å². The first-order valence-corrected chi connectivity index (χ1v) is 7.54. The molecule has 0 bridgehead atoms. The average molecular weight is 345 g/mol. The monoisotopic (exact) mass is 344 g/mol. The highest BCUT2D eigenvalue weighted by Gasteiger charge is 2.38. The number of Topliss-reactive ketones (excluding diaryl/α,β-unsaturated/α-hetero) is 1. The Morgan fingerprint density at radius 3 is 2.79 bits per heavy atom. The average Bonchev–Trinajstić information content (AvgIpc) is 2.90. The highest BCUT2D eigenvalue weighted by atomic mass is 79.9. The summed E-state index contributed by atoms with van der Waals surface area (Å²) >= 11 is 4.56. The molecule has 1 atom stereocenters. The van der Waals surface area contributed by atoms with Crippen LogP contribution >= 0.6 is 27.3 Å². The molecule has 1 fully saturated rings. The van der Waals surface area contributed by atoms with Crippen LogP contribution in [0.5, 0.6) is 0 Å². The van der Waals surface area contributed by atoms with Gasteiger partial charge in [0.2, 0.25) is 0 Å². The molecule has 1 saturated heterocycles. The summed E-state index contributed by atoms with van der Waals surface area (Å²) in [6, 6.07) is 2.48. The predicted molar refractivity (Wildman–Crippen MR) is 75.3 cm³/mol. The fourth-order valence-corrected chi connectivity index (χ4v) is 3.21. The molecule has 1 unspecified atom stereocenters. The molecule has 2 heterocycles. The van der Waals surface area contributed by atoms with Gasteiger partial charge in [0.1, 0.15) is 6.04 Å². The molecule has 0 aromatic carbocycles. The summed E-state index contributed by atoms with van der Waals surface area (Å²) in [5.41, 5.74) is 0. The van der Waals surface area contributed by atoms with Crippen molar-refractivity contribution in [2.24, 2.45) is 0 Å². The van der Waals surface area contributed by atoms with Crippen molar-refractivity contribution in [3.8, 4) is 0 Å². The van der Waals surface area contributed by atoms with Crippen molar-refractivity contribution in [2.75, 3.05) is 6.54 Å². The lowest BCUT2D eigenvalue weighted by molar-refractivity contribution is -0.127. The summed E-state index contributed by atoms with van der Waals surface area (Å²) in [5, 5.41) is 2.60. The summed E-state index contributed by atoms with van der Waals surface area (Å²) in [6.45, 7) is 1.74. The molecule has 5 nitrogen and oxygen atoms in total. The van der Waals surface area contributed by atoms with Gasteiger partial charge in [0.05, 0.1) is 15.2 Å². The molecule has 7 heteroatoms. The molecule has 19 heavy (non-hydrogen) atoms. The Balaban J connectivity index is 2.05. The Labute approximate surface area is 123 Å².